The van der Waals surface area contributed by atoms with Gasteiger partial charge in [-0.25, -0.2) is 0 Å². The van der Waals surface area contributed by atoms with Crippen LogP contribution in [0.4, 0.5) is 0 Å². The molecular formula is C25H30N4OS. The lowest BCUT2D eigenvalue weighted by Crippen LogP contribution is -2.29. The van der Waals surface area contributed by atoms with Crippen molar-refractivity contribution in [2.24, 2.45) is 0 Å². The standard InChI is InChI=1S/C25H30N4OS/c1-17-15-21(18(2)29(17)19-9-4-3-5-10-19)24-23(22-12-6-7-13-26-22)27-25(31)28(24)16-20-11-8-14-30-20/h6-8,11-15,19,23-24H,3-5,9-10,16H2,1-2H3,(H,27,31)/t23-,24-/m1/s1. The second kappa shape index (κ2) is 8.50. The number of hydrogen-bond donors (Lipinski definition) is 1. The highest BCUT2D eigenvalue weighted by atomic mass is 32.1. The Morgan fingerprint density at radius 2 is 1.97 bits per heavy atom. The third-order valence-corrected chi connectivity index (χ3v) is 7.24. The van der Waals surface area contributed by atoms with Crippen molar-refractivity contribution < 1.29 is 4.42 Å². The molecule has 1 aliphatic carbocycles. The first-order chi connectivity index (χ1) is 15.1. The topological polar surface area (TPSA) is 46.2 Å². The summed E-state index contributed by atoms with van der Waals surface area (Å²) in [5.41, 5.74) is 5.04. The molecule has 31 heavy (non-hydrogen) atoms. The van der Waals surface area contributed by atoms with Gasteiger partial charge in [0.25, 0.3) is 0 Å². The molecule has 0 bridgehead atoms. The molecule has 2 aliphatic rings. The highest BCUT2D eigenvalue weighted by Crippen LogP contribution is 2.43. The highest BCUT2D eigenvalue weighted by Gasteiger charge is 2.42. The van der Waals surface area contributed by atoms with Gasteiger partial charge in [-0.05, 0) is 74.8 Å². The van der Waals surface area contributed by atoms with Crippen LogP contribution < -0.4 is 5.32 Å². The molecule has 6 heteroatoms. The molecule has 1 aliphatic heterocycles. The molecule has 2 fully saturated rings. The van der Waals surface area contributed by atoms with E-state index in [4.69, 9.17) is 16.6 Å². The van der Waals surface area contributed by atoms with Crippen molar-refractivity contribution in [1.82, 2.24) is 19.8 Å². The van der Waals surface area contributed by atoms with Crippen LogP contribution in [0, 0.1) is 13.8 Å². The maximum atomic E-state index is 5.81. The molecule has 0 spiro atoms. The van der Waals surface area contributed by atoms with Gasteiger partial charge in [-0.3, -0.25) is 4.98 Å². The van der Waals surface area contributed by atoms with E-state index in [0.717, 1.165) is 16.6 Å². The summed E-state index contributed by atoms with van der Waals surface area (Å²) in [7, 11) is 0. The SMILES string of the molecule is Cc1cc([C@@H]2[C@@H](c3ccccn3)NC(=S)N2Cc2ccco2)c(C)n1C1CCCCC1. The lowest BCUT2D eigenvalue weighted by atomic mass is 9.94. The molecule has 162 valence electrons. The zero-order valence-corrected chi connectivity index (χ0v) is 19.1. The fraction of sp³-hybridized carbons (Fsp3) is 0.440. The van der Waals surface area contributed by atoms with Crippen LogP contribution in [0.2, 0.25) is 0 Å². The van der Waals surface area contributed by atoms with Crippen LogP contribution in [0.25, 0.3) is 0 Å². The van der Waals surface area contributed by atoms with E-state index in [1.54, 1.807) is 6.26 Å². The summed E-state index contributed by atoms with van der Waals surface area (Å²) in [6.07, 6.45) is 10.1. The first-order valence-corrected chi connectivity index (χ1v) is 11.7. The maximum absolute atomic E-state index is 5.81. The minimum atomic E-state index is 0.00367. The number of nitrogens with zero attached hydrogens (tertiary/aromatic N) is 3. The molecule has 4 heterocycles. The second-order valence-electron chi connectivity index (χ2n) is 8.82. The quantitative estimate of drug-likeness (QED) is 0.517. The molecule has 2 atom stereocenters. The molecule has 1 saturated heterocycles. The Kier molecular flexibility index (Phi) is 5.57. The third kappa shape index (κ3) is 3.78. The summed E-state index contributed by atoms with van der Waals surface area (Å²) in [6.45, 7) is 5.16. The number of rotatable bonds is 5. The number of thiocarbonyl (C=S) groups is 1. The molecule has 1 saturated carbocycles. The number of pyridine rings is 1. The number of furan rings is 1. The number of aromatic nitrogens is 2. The van der Waals surface area contributed by atoms with E-state index in [1.165, 1.54) is 49.1 Å². The number of aryl methyl sites for hydroxylation is 1. The van der Waals surface area contributed by atoms with Gasteiger partial charge in [0.2, 0.25) is 0 Å². The van der Waals surface area contributed by atoms with E-state index in [0.29, 0.717) is 12.6 Å². The average molecular weight is 435 g/mol. The van der Waals surface area contributed by atoms with Gasteiger partial charge in [0.05, 0.1) is 30.6 Å². The van der Waals surface area contributed by atoms with Crippen molar-refractivity contribution in [3.8, 4) is 0 Å². The van der Waals surface area contributed by atoms with Crippen LogP contribution >= 0.6 is 12.2 Å². The van der Waals surface area contributed by atoms with Crippen molar-refractivity contribution in [3.05, 3.63) is 77.3 Å². The van der Waals surface area contributed by atoms with Gasteiger partial charge in [-0.2, -0.15) is 0 Å². The third-order valence-electron chi connectivity index (χ3n) is 6.89. The van der Waals surface area contributed by atoms with E-state index in [-0.39, 0.29) is 12.1 Å². The molecule has 0 amide bonds. The van der Waals surface area contributed by atoms with Gasteiger partial charge in [-0.15, -0.1) is 0 Å². The summed E-state index contributed by atoms with van der Waals surface area (Å²) < 4.78 is 8.25. The maximum Gasteiger partial charge on any atom is 0.170 e. The fourth-order valence-electron chi connectivity index (χ4n) is 5.49. The molecule has 5 nitrogen and oxygen atoms in total. The summed E-state index contributed by atoms with van der Waals surface area (Å²) in [6, 6.07) is 13.1. The molecule has 5 rings (SSSR count). The zero-order chi connectivity index (χ0) is 21.4. The normalized spacial score (nSPS) is 22.1. The van der Waals surface area contributed by atoms with Crippen LogP contribution in [0.5, 0.6) is 0 Å². The van der Waals surface area contributed by atoms with E-state index in [2.05, 4.69) is 45.7 Å². The highest BCUT2D eigenvalue weighted by molar-refractivity contribution is 7.80. The van der Waals surface area contributed by atoms with Crippen molar-refractivity contribution in [2.45, 2.75) is 70.6 Å². The van der Waals surface area contributed by atoms with Crippen LogP contribution in [-0.2, 0) is 6.54 Å². The van der Waals surface area contributed by atoms with E-state index >= 15 is 0 Å². The predicted octanol–water partition coefficient (Wildman–Crippen LogP) is 5.77. The minimum Gasteiger partial charge on any atom is -0.467 e. The Labute approximate surface area is 189 Å². The molecular weight excluding hydrogens is 404 g/mol. The first-order valence-electron chi connectivity index (χ1n) is 11.3. The zero-order valence-electron chi connectivity index (χ0n) is 18.3. The van der Waals surface area contributed by atoms with Crippen molar-refractivity contribution in [2.75, 3.05) is 0 Å². The van der Waals surface area contributed by atoms with Crippen molar-refractivity contribution in [3.63, 3.8) is 0 Å². The van der Waals surface area contributed by atoms with Gasteiger partial charge in [-0.1, -0.05) is 25.3 Å². The van der Waals surface area contributed by atoms with Gasteiger partial charge in [0.15, 0.2) is 5.11 Å². The Morgan fingerprint density at radius 1 is 1.13 bits per heavy atom. The first kappa shape index (κ1) is 20.3. The predicted molar refractivity (Wildman–Crippen MR) is 126 cm³/mol. The van der Waals surface area contributed by atoms with Gasteiger partial charge in [0, 0.05) is 23.6 Å². The number of hydrogen-bond acceptors (Lipinski definition) is 3. The lowest BCUT2D eigenvalue weighted by Gasteiger charge is -2.29. The molecule has 3 aromatic heterocycles. The van der Waals surface area contributed by atoms with E-state index in [1.807, 2.05) is 30.5 Å². The van der Waals surface area contributed by atoms with Crippen LogP contribution in [0.1, 0.15) is 78.6 Å². The fourth-order valence-corrected chi connectivity index (χ4v) is 5.79. The van der Waals surface area contributed by atoms with Crippen LogP contribution in [0.15, 0.2) is 53.3 Å². The molecule has 0 radical (unpaired) electrons. The van der Waals surface area contributed by atoms with Crippen LogP contribution in [-0.4, -0.2) is 19.6 Å². The largest absolute Gasteiger partial charge is 0.467 e. The van der Waals surface area contributed by atoms with Crippen molar-refractivity contribution >= 4 is 17.3 Å². The lowest BCUT2D eigenvalue weighted by molar-refractivity contribution is 0.284. The monoisotopic (exact) mass is 434 g/mol. The van der Waals surface area contributed by atoms with Crippen molar-refractivity contribution in [1.29, 1.82) is 0 Å². The van der Waals surface area contributed by atoms with Gasteiger partial charge < -0.3 is 19.2 Å². The Hall–Kier alpha value is -2.60. The average Bonchev–Trinajstić information content (AvgIpc) is 3.49. The molecule has 3 aromatic rings. The second-order valence-corrected chi connectivity index (χ2v) is 9.21. The van der Waals surface area contributed by atoms with E-state index < -0.39 is 0 Å². The summed E-state index contributed by atoms with van der Waals surface area (Å²) in [5, 5.41) is 4.31. The number of nitrogens with one attached hydrogen (secondary N) is 1. The Morgan fingerprint density at radius 3 is 2.68 bits per heavy atom. The summed E-state index contributed by atoms with van der Waals surface area (Å²) >= 11 is 5.81. The van der Waals surface area contributed by atoms with E-state index in [9.17, 15) is 0 Å². The smallest absolute Gasteiger partial charge is 0.170 e. The van der Waals surface area contributed by atoms with Gasteiger partial charge in [0.1, 0.15) is 5.76 Å². The summed E-state index contributed by atoms with van der Waals surface area (Å²) in [4.78, 5) is 6.94. The molecule has 0 unspecified atom stereocenters. The molecule has 1 N–H and O–H groups in total. The van der Waals surface area contributed by atoms with Gasteiger partial charge >= 0.3 is 0 Å². The molecule has 0 aromatic carbocycles. The Balaban J connectivity index is 1.57. The summed E-state index contributed by atoms with van der Waals surface area (Å²) in [5.74, 6) is 0.914. The van der Waals surface area contributed by atoms with Crippen LogP contribution in [0.3, 0.4) is 0 Å². The minimum absolute atomic E-state index is 0.00367. The Bertz CT molecular complexity index is 1040.